The molecule has 0 spiro atoms. The highest BCUT2D eigenvalue weighted by atomic mass is 32.1. The number of ether oxygens (including phenoxy) is 3. The van der Waals surface area contributed by atoms with Crippen molar-refractivity contribution in [3.8, 4) is 28.5 Å². The van der Waals surface area contributed by atoms with E-state index in [1.807, 2.05) is 5.38 Å². The molecule has 1 heterocycles. The molecule has 0 aliphatic heterocycles. The highest BCUT2D eigenvalue weighted by Gasteiger charge is 2.30. The number of hydrogen-bond acceptors (Lipinski definition) is 7. The molecule has 2 N–H and O–H groups in total. The number of rotatable bonds is 12. The molecule has 7 nitrogen and oxygen atoms in total. The number of aromatic nitrogens is 1. The number of anilines is 2. The number of nitrogens with zero attached hydrogens (tertiary/aromatic N) is 1. The van der Waals surface area contributed by atoms with Crippen molar-refractivity contribution in [3.63, 3.8) is 0 Å². The lowest BCUT2D eigenvalue weighted by Gasteiger charge is -2.21. The van der Waals surface area contributed by atoms with Crippen molar-refractivity contribution < 1.29 is 37.3 Å². The van der Waals surface area contributed by atoms with Gasteiger partial charge in [-0.05, 0) is 66.4 Å². The topological polar surface area (TPSA) is 89.9 Å². The minimum absolute atomic E-state index is 0.0597. The molecular formula is C33H33F3N2O5S. The highest BCUT2D eigenvalue weighted by molar-refractivity contribution is 7.14. The summed E-state index contributed by atoms with van der Waals surface area (Å²) in [6.07, 6.45) is 2.69. The van der Waals surface area contributed by atoms with E-state index >= 15 is 0 Å². The fourth-order valence-electron chi connectivity index (χ4n) is 5.17. The largest absolute Gasteiger partial charge is 0.497 e. The van der Waals surface area contributed by atoms with Crippen LogP contribution in [0, 0.1) is 5.92 Å². The highest BCUT2D eigenvalue weighted by Crippen LogP contribution is 2.38. The van der Waals surface area contributed by atoms with E-state index in [4.69, 9.17) is 19.2 Å². The lowest BCUT2D eigenvalue weighted by atomic mass is 9.87. The third-order valence-corrected chi connectivity index (χ3v) is 8.38. The van der Waals surface area contributed by atoms with Crippen LogP contribution in [-0.4, -0.2) is 29.8 Å². The van der Waals surface area contributed by atoms with Crippen LogP contribution in [0.25, 0.3) is 11.3 Å². The van der Waals surface area contributed by atoms with E-state index in [-0.39, 0.29) is 12.2 Å². The molecule has 11 heteroatoms. The first-order chi connectivity index (χ1) is 21.2. The van der Waals surface area contributed by atoms with Gasteiger partial charge < -0.3 is 24.6 Å². The maximum atomic E-state index is 12.9. The molecule has 1 aromatic heterocycles. The van der Waals surface area contributed by atoms with Gasteiger partial charge in [-0.15, -0.1) is 11.3 Å². The Balaban J connectivity index is 1.32. The molecule has 1 fully saturated rings. The summed E-state index contributed by atoms with van der Waals surface area (Å²) in [5.74, 6) is 1.11. The number of carboxylic acids is 1. The third kappa shape index (κ3) is 8.02. The van der Waals surface area contributed by atoms with E-state index in [1.165, 1.54) is 67.7 Å². The molecule has 232 valence electrons. The number of methoxy groups -OCH3 is 1. The van der Waals surface area contributed by atoms with Gasteiger partial charge in [0.05, 0.1) is 36.2 Å². The summed E-state index contributed by atoms with van der Waals surface area (Å²) < 4.78 is 56.3. The van der Waals surface area contributed by atoms with Gasteiger partial charge in [0.25, 0.3) is 0 Å². The number of thiazole rings is 1. The van der Waals surface area contributed by atoms with E-state index < -0.39 is 17.7 Å². The van der Waals surface area contributed by atoms with Gasteiger partial charge >= 0.3 is 12.1 Å². The molecule has 5 rings (SSSR count). The van der Waals surface area contributed by atoms with Crippen LogP contribution in [-0.2, 0) is 12.8 Å². The first kappa shape index (κ1) is 31.2. The number of carbonyl (C=O) groups is 1. The molecule has 44 heavy (non-hydrogen) atoms. The van der Waals surface area contributed by atoms with E-state index in [0.717, 1.165) is 18.6 Å². The predicted octanol–water partition coefficient (Wildman–Crippen LogP) is 9.21. The van der Waals surface area contributed by atoms with Gasteiger partial charge in [0.15, 0.2) is 5.13 Å². The Morgan fingerprint density at radius 2 is 1.77 bits per heavy atom. The Labute approximate surface area is 257 Å². The average Bonchev–Trinajstić information content (AvgIpc) is 3.49. The molecule has 1 aliphatic rings. The molecule has 0 saturated heterocycles. The number of hydrogen-bond donors (Lipinski definition) is 2. The van der Waals surface area contributed by atoms with Crippen LogP contribution in [0.3, 0.4) is 0 Å². The van der Waals surface area contributed by atoms with E-state index in [0.29, 0.717) is 57.4 Å². The van der Waals surface area contributed by atoms with Crippen molar-refractivity contribution in [3.05, 3.63) is 82.7 Å². The summed E-state index contributed by atoms with van der Waals surface area (Å²) in [6.45, 7) is 0.555. The maximum absolute atomic E-state index is 12.9. The monoisotopic (exact) mass is 626 g/mol. The second kappa shape index (κ2) is 14.0. The van der Waals surface area contributed by atoms with Crippen LogP contribution in [0.5, 0.6) is 17.2 Å². The SMILES string of the molecule is COc1ccc(OCc2ccc(C(F)(F)F)cc2)c(-c2csc(Nc3ccc(C(=O)O)cc3OCCC3CCCCC3)n2)c1. The summed E-state index contributed by atoms with van der Waals surface area (Å²) in [5.41, 5.74) is 1.84. The van der Waals surface area contributed by atoms with E-state index in [9.17, 15) is 23.1 Å². The van der Waals surface area contributed by atoms with E-state index in [2.05, 4.69) is 5.32 Å². The second-order valence-electron chi connectivity index (χ2n) is 10.7. The maximum Gasteiger partial charge on any atom is 0.416 e. The van der Waals surface area contributed by atoms with Crippen molar-refractivity contribution in [1.82, 2.24) is 4.98 Å². The van der Waals surface area contributed by atoms with Gasteiger partial charge in [-0.2, -0.15) is 13.2 Å². The van der Waals surface area contributed by atoms with Crippen LogP contribution in [0.4, 0.5) is 24.0 Å². The van der Waals surface area contributed by atoms with Gasteiger partial charge in [-0.25, -0.2) is 9.78 Å². The van der Waals surface area contributed by atoms with Gasteiger partial charge in [0, 0.05) is 10.9 Å². The molecule has 3 aromatic carbocycles. The quantitative estimate of drug-likeness (QED) is 0.162. The Bertz CT molecular complexity index is 1570. The zero-order valence-corrected chi connectivity index (χ0v) is 25.0. The minimum Gasteiger partial charge on any atom is -0.497 e. The average molecular weight is 627 g/mol. The summed E-state index contributed by atoms with van der Waals surface area (Å²) in [4.78, 5) is 16.4. The number of halogens is 3. The third-order valence-electron chi connectivity index (χ3n) is 7.62. The van der Waals surface area contributed by atoms with Crippen LogP contribution < -0.4 is 19.5 Å². The Morgan fingerprint density at radius 1 is 1.00 bits per heavy atom. The molecule has 1 saturated carbocycles. The van der Waals surface area contributed by atoms with Crippen LogP contribution in [0.2, 0.25) is 0 Å². The smallest absolute Gasteiger partial charge is 0.416 e. The lowest BCUT2D eigenvalue weighted by molar-refractivity contribution is -0.137. The van der Waals surface area contributed by atoms with Crippen LogP contribution in [0.15, 0.2) is 66.0 Å². The fourth-order valence-corrected chi connectivity index (χ4v) is 5.90. The Kier molecular flexibility index (Phi) is 9.94. The van der Waals surface area contributed by atoms with Crippen molar-refractivity contribution in [2.45, 2.75) is 51.3 Å². The van der Waals surface area contributed by atoms with Gasteiger partial charge in [-0.3, -0.25) is 0 Å². The minimum atomic E-state index is -4.40. The molecule has 0 unspecified atom stereocenters. The Hall–Kier alpha value is -4.25. The normalized spacial score (nSPS) is 13.8. The molecule has 4 aromatic rings. The standard InChI is InChI=1S/C33H33F3N2O5S/c1-41-25-12-14-29(43-19-22-7-10-24(11-8-22)33(34,35)36)26(18-25)28-20-44-32(38-28)37-27-13-9-23(31(39)40)17-30(27)42-16-15-21-5-3-2-4-6-21/h7-14,17-18,20-21H,2-6,15-16,19H2,1H3,(H,37,38)(H,39,40). The second-order valence-corrected chi connectivity index (χ2v) is 11.5. The van der Waals surface area contributed by atoms with Gasteiger partial charge in [0.1, 0.15) is 23.9 Å². The van der Waals surface area contributed by atoms with Crippen molar-refractivity contribution in [2.75, 3.05) is 19.0 Å². The molecule has 0 atom stereocenters. The van der Waals surface area contributed by atoms with Crippen molar-refractivity contribution in [2.24, 2.45) is 5.92 Å². The number of nitrogens with one attached hydrogen (secondary N) is 1. The molecule has 0 bridgehead atoms. The molecule has 1 aliphatic carbocycles. The van der Waals surface area contributed by atoms with Crippen molar-refractivity contribution >= 4 is 28.1 Å². The molecule has 0 amide bonds. The summed E-state index contributed by atoms with van der Waals surface area (Å²) >= 11 is 1.35. The van der Waals surface area contributed by atoms with Gasteiger partial charge in [-0.1, -0.05) is 44.2 Å². The molecule has 0 radical (unpaired) electrons. The number of benzene rings is 3. The zero-order valence-electron chi connectivity index (χ0n) is 24.2. The number of carboxylic acid groups (broad SMARTS) is 1. The number of aromatic carboxylic acids is 1. The summed E-state index contributed by atoms with van der Waals surface area (Å²) in [7, 11) is 1.55. The Morgan fingerprint density at radius 3 is 2.48 bits per heavy atom. The number of alkyl halides is 3. The van der Waals surface area contributed by atoms with Crippen LogP contribution in [0.1, 0.15) is 60.0 Å². The zero-order chi connectivity index (χ0) is 31.1. The van der Waals surface area contributed by atoms with Gasteiger partial charge in [0.2, 0.25) is 0 Å². The lowest BCUT2D eigenvalue weighted by Crippen LogP contribution is -2.11. The molecular weight excluding hydrogens is 593 g/mol. The van der Waals surface area contributed by atoms with E-state index in [1.54, 1.807) is 31.4 Å². The van der Waals surface area contributed by atoms with Crippen LogP contribution >= 0.6 is 11.3 Å². The first-order valence-electron chi connectivity index (χ1n) is 14.4. The predicted molar refractivity (Wildman–Crippen MR) is 163 cm³/mol. The summed E-state index contributed by atoms with van der Waals surface area (Å²) in [6, 6.07) is 14.8. The summed E-state index contributed by atoms with van der Waals surface area (Å²) in [5, 5.41) is 15.2. The van der Waals surface area contributed by atoms with Crippen molar-refractivity contribution in [1.29, 1.82) is 0 Å². The fraction of sp³-hybridized carbons (Fsp3) is 0.333. The first-order valence-corrected chi connectivity index (χ1v) is 15.3.